The van der Waals surface area contributed by atoms with Crippen LogP contribution >= 0.6 is 0 Å². The molecule has 22 heavy (non-hydrogen) atoms. The van der Waals surface area contributed by atoms with Crippen molar-refractivity contribution in [1.82, 2.24) is 15.2 Å². The minimum absolute atomic E-state index is 0.0423. The van der Waals surface area contributed by atoms with E-state index in [0.717, 1.165) is 31.5 Å². The van der Waals surface area contributed by atoms with Gasteiger partial charge in [-0.05, 0) is 43.6 Å². The van der Waals surface area contributed by atoms with Gasteiger partial charge in [0.05, 0.1) is 13.5 Å². The molecule has 120 valence electrons. The van der Waals surface area contributed by atoms with Crippen molar-refractivity contribution in [2.45, 2.75) is 25.8 Å². The molecular weight excluding hydrogens is 282 g/mol. The van der Waals surface area contributed by atoms with Crippen LogP contribution in [0.5, 0.6) is 0 Å². The van der Waals surface area contributed by atoms with Crippen LogP contribution in [0.4, 0.5) is 0 Å². The fourth-order valence-corrected chi connectivity index (χ4v) is 2.63. The number of carbonyl (C=O) groups excluding carboxylic acids is 2. The molecular formula is C16H23N3O3. The van der Waals surface area contributed by atoms with E-state index in [1.54, 1.807) is 17.3 Å². The summed E-state index contributed by atoms with van der Waals surface area (Å²) in [6, 6.07) is 3.78. The first-order valence-corrected chi connectivity index (χ1v) is 7.66. The van der Waals surface area contributed by atoms with Crippen LogP contribution < -0.4 is 5.32 Å². The molecule has 6 nitrogen and oxygen atoms in total. The maximum Gasteiger partial charge on any atom is 0.307 e. The lowest BCUT2D eigenvalue weighted by Gasteiger charge is -2.29. The van der Waals surface area contributed by atoms with Crippen LogP contribution in [0, 0.1) is 5.92 Å². The van der Waals surface area contributed by atoms with Gasteiger partial charge in [0.15, 0.2) is 0 Å². The van der Waals surface area contributed by atoms with Crippen molar-refractivity contribution >= 4 is 11.9 Å². The zero-order valence-corrected chi connectivity index (χ0v) is 13.0. The Balaban J connectivity index is 2.02. The lowest BCUT2D eigenvalue weighted by Crippen LogP contribution is -2.41. The number of rotatable bonds is 6. The molecule has 0 radical (unpaired) electrons. The molecule has 0 aromatic carbocycles. The third-order valence-electron chi connectivity index (χ3n) is 3.94. The monoisotopic (exact) mass is 305 g/mol. The molecule has 1 aliphatic heterocycles. The SMILES string of the molecule is COC(=O)CCN(Cc1ccncc1)C(=O)C1CCNCC1. The summed E-state index contributed by atoms with van der Waals surface area (Å²) in [5.74, 6) is -0.124. The fourth-order valence-electron chi connectivity index (χ4n) is 2.63. The Morgan fingerprint density at radius 1 is 1.32 bits per heavy atom. The normalized spacial score (nSPS) is 15.3. The predicted octanol–water partition coefficient (Wildman–Crippen LogP) is 0.973. The Labute approximate surface area is 130 Å². The van der Waals surface area contributed by atoms with Crippen LogP contribution in [0.25, 0.3) is 0 Å². The quantitative estimate of drug-likeness (QED) is 0.793. The largest absolute Gasteiger partial charge is 0.469 e. The van der Waals surface area contributed by atoms with Gasteiger partial charge in [-0.15, -0.1) is 0 Å². The molecule has 0 bridgehead atoms. The highest BCUT2D eigenvalue weighted by molar-refractivity contribution is 5.79. The molecule has 0 saturated carbocycles. The molecule has 1 N–H and O–H groups in total. The summed E-state index contributed by atoms with van der Waals surface area (Å²) in [7, 11) is 1.37. The number of methoxy groups -OCH3 is 1. The molecule has 2 heterocycles. The van der Waals surface area contributed by atoms with Crippen LogP contribution in [0.2, 0.25) is 0 Å². The topological polar surface area (TPSA) is 71.5 Å². The van der Waals surface area contributed by atoms with Gasteiger partial charge >= 0.3 is 5.97 Å². The van der Waals surface area contributed by atoms with Gasteiger partial charge in [0.2, 0.25) is 5.91 Å². The summed E-state index contributed by atoms with van der Waals surface area (Å²) >= 11 is 0. The third kappa shape index (κ3) is 4.80. The van der Waals surface area contributed by atoms with Gasteiger partial charge in [-0.3, -0.25) is 14.6 Å². The van der Waals surface area contributed by atoms with Crippen molar-refractivity contribution in [2.24, 2.45) is 5.92 Å². The minimum atomic E-state index is -0.294. The molecule has 0 spiro atoms. The number of hydrogen-bond donors (Lipinski definition) is 1. The number of amides is 1. The van der Waals surface area contributed by atoms with E-state index in [4.69, 9.17) is 0 Å². The second-order valence-electron chi connectivity index (χ2n) is 5.47. The van der Waals surface area contributed by atoms with Crippen LogP contribution in [-0.2, 0) is 20.9 Å². The second-order valence-corrected chi connectivity index (χ2v) is 5.47. The molecule has 1 aromatic heterocycles. The van der Waals surface area contributed by atoms with E-state index >= 15 is 0 Å². The van der Waals surface area contributed by atoms with Gasteiger partial charge in [-0.2, -0.15) is 0 Å². The Hall–Kier alpha value is -1.95. The van der Waals surface area contributed by atoms with Crippen molar-refractivity contribution in [3.8, 4) is 0 Å². The molecule has 1 aliphatic rings. The molecule has 1 aromatic rings. The summed E-state index contributed by atoms with van der Waals surface area (Å²) in [5, 5.41) is 3.26. The maximum absolute atomic E-state index is 12.7. The van der Waals surface area contributed by atoms with Crippen LogP contribution in [0.1, 0.15) is 24.8 Å². The van der Waals surface area contributed by atoms with E-state index in [0.29, 0.717) is 13.1 Å². The van der Waals surface area contributed by atoms with E-state index in [1.165, 1.54) is 7.11 Å². The standard InChI is InChI=1S/C16H23N3O3/c1-22-15(20)6-11-19(12-13-2-7-17-8-3-13)16(21)14-4-9-18-10-5-14/h2-3,7-8,14,18H,4-6,9-12H2,1H3. The van der Waals surface area contributed by atoms with Gasteiger partial charge in [-0.25, -0.2) is 0 Å². The van der Waals surface area contributed by atoms with Gasteiger partial charge < -0.3 is 15.0 Å². The maximum atomic E-state index is 12.7. The van der Waals surface area contributed by atoms with Gasteiger partial charge in [0, 0.05) is 31.4 Å². The van der Waals surface area contributed by atoms with E-state index in [1.807, 2.05) is 12.1 Å². The molecule has 0 unspecified atom stereocenters. The number of carbonyl (C=O) groups is 2. The highest BCUT2D eigenvalue weighted by atomic mass is 16.5. The summed E-state index contributed by atoms with van der Waals surface area (Å²) in [5.41, 5.74) is 1.02. The zero-order chi connectivity index (χ0) is 15.8. The summed E-state index contributed by atoms with van der Waals surface area (Å²) in [6.07, 6.45) is 5.34. The molecule has 0 aliphatic carbocycles. The van der Waals surface area contributed by atoms with Crippen molar-refractivity contribution < 1.29 is 14.3 Å². The Morgan fingerprint density at radius 2 is 2.00 bits per heavy atom. The van der Waals surface area contributed by atoms with Gasteiger partial charge in [-0.1, -0.05) is 0 Å². The van der Waals surface area contributed by atoms with E-state index in [2.05, 4.69) is 15.0 Å². The number of esters is 1. The molecule has 1 amide bonds. The Kier molecular flexibility index (Phi) is 6.33. The van der Waals surface area contributed by atoms with Crippen molar-refractivity contribution in [1.29, 1.82) is 0 Å². The van der Waals surface area contributed by atoms with E-state index in [9.17, 15) is 9.59 Å². The number of ether oxygens (including phenoxy) is 1. The van der Waals surface area contributed by atoms with Gasteiger partial charge in [0.25, 0.3) is 0 Å². The second kappa shape index (κ2) is 8.48. The first kappa shape index (κ1) is 16.4. The van der Waals surface area contributed by atoms with Crippen molar-refractivity contribution in [3.05, 3.63) is 30.1 Å². The van der Waals surface area contributed by atoms with Crippen molar-refractivity contribution in [2.75, 3.05) is 26.7 Å². The smallest absolute Gasteiger partial charge is 0.307 e. The number of nitrogens with one attached hydrogen (secondary N) is 1. The Morgan fingerprint density at radius 3 is 2.64 bits per heavy atom. The highest BCUT2D eigenvalue weighted by Gasteiger charge is 2.26. The minimum Gasteiger partial charge on any atom is -0.469 e. The average Bonchev–Trinajstić information content (AvgIpc) is 2.59. The summed E-state index contributed by atoms with van der Waals surface area (Å²) in [6.45, 7) is 2.63. The molecule has 6 heteroatoms. The number of nitrogens with zero attached hydrogens (tertiary/aromatic N) is 2. The Bertz CT molecular complexity index is 487. The van der Waals surface area contributed by atoms with Gasteiger partial charge in [0.1, 0.15) is 0 Å². The zero-order valence-electron chi connectivity index (χ0n) is 13.0. The molecule has 1 fully saturated rings. The molecule has 1 saturated heterocycles. The lowest BCUT2D eigenvalue weighted by atomic mass is 9.96. The first-order chi connectivity index (χ1) is 10.7. The first-order valence-electron chi connectivity index (χ1n) is 7.66. The predicted molar refractivity (Wildman–Crippen MR) is 81.9 cm³/mol. The van der Waals surface area contributed by atoms with Crippen LogP contribution in [0.3, 0.4) is 0 Å². The number of hydrogen-bond acceptors (Lipinski definition) is 5. The number of piperidine rings is 1. The molecule has 0 atom stereocenters. The van der Waals surface area contributed by atoms with E-state index < -0.39 is 0 Å². The summed E-state index contributed by atoms with van der Waals surface area (Å²) in [4.78, 5) is 29.9. The summed E-state index contributed by atoms with van der Waals surface area (Å²) < 4.78 is 4.68. The van der Waals surface area contributed by atoms with Crippen molar-refractivity contribution in [3.63, 3.8) is 0 Å². The van der Waals surface area contributed by atoms with E-state index in [-0.39, 0.29) is 24.2 Å². The number of pyridine rings is 1. The highest BCUT2D eigenvalue weighted by Crippen LogP contribution is 2.17. The average molecular weight is 305 g/mol. The van der Waals surface area contributed by atoms with Crippen LogP contribution in [0.15, 0.2) is 24.5 Å². The van der Waals surface area contributed by atoms with Crippen LogP contribution in [-0.4, -0.2) is 48.5 Å². The third-order valence-corrected chi connectivity index (χ3v) is 3.94. The lowest BCUT2D eigenvalue weighted by molar-refractivity contribution is -0.143. The molecule has 2 rings (SSSR count). The number of aromatic nitrogens is 1. The fraction of sp³-hybridized carbons (Fsp3) is 0.562.